The molecule has 0 heterocycles. The van der Waals surface area contributed by atoms with Gasteiger partial charge in [0.2, 0.25) is 0 Å². The lowest BCUT2D eigenvalue weighted by Gasteiger charge is -2.09. The highest BCUT2D eigenvalue weighted by Crippen LogP contribution is 2.13. The Balaban J connectivity index is 2.82. The van der Waals surface area contributed by atoms with Crippen LogP contribution in [0.4, 0.5) is 0 Å². The monoisotopic (exact) mass is 258 g/mol. The molecule has 1 rings (SSSR count). The van der Waals surface area contributed by atoms with E-state index in [0.717, 1.165) is 5.56 Å². The summed E-state index contributed by atoms with van der Waals surface area (Å²) in [5.74, 6) is -1.81. The summed E-state index contributed by atoms with van der Waals surface area (Å²) in [6.45, 7) is 1.83. The molecule has 0 bridgehead atoms. The molecule has 6 heteroatoms. The average molecular weight is 258 g/mol. The van der Waals surface area contributed by atoms with Gasteiger partial charge in [0.1, 0.15) is 0 Å². The second-order valence-corrected chi connectivity index (χ2v) is 5.88. The minimum Gasteiger partial charge on any atom is -0.481 e. The number of aliphatic carboxylic acids is 1. The Hall–Kier alpha value is -1.40. The number of rotatable bonds is 5. The Morgan fingerprint density at radius 1 is 1.29 bits per heavy atom. The second kappa shape index (κ2) is 5.29. The number of aliphatic hydroxyl groups is 1. The number of benzene rings is 1. The van der Waals surface area contributed by atoms with Gasteiger partial charge in [0.25, 0.3) is 0 Å². The minimum absolute atomic E-state index is 0.0903. The molecule has 0 aliphatic rings. The first-order chi connectivity index (χ1) is 7.81. The van der Waals surface area contributed by atoms with E-state index in [1.165, 1.54) is 12.1 Å². The zero-order valence-corrected chi connectivity index (χ0v) is 10.1. The van der Waals surface area contributed by atoms with Crippen LogP contribution < -0.4 is 0 Å². The molecule has 0 fully saturated rings. The Labute approximate surface area is 99.6 Å². The Morgan fingerprint density at radius 2 is 1.82 bits per heavy atom. The topological polar surface area (TPSA) is 91.7 Å². The van der Waals surface area contributed by atoms with Gasteiger partial charge in [-0.05, 0) is 19.1 Å². The van der Waals surface area contributed by atoms with Crippen LogP contribution in [0.2, 0.25) is 0 Å². The van der Waals surface area contributed by atoms with E-state index in [2.05, 4.69) is 0 Å². The van der Waals surface area contributed by atoms with E-state index in [4.69, 9.17) is 5.11 Å². The van der Waals surface area contributed by atoms with Crippen molar-refractivity contribution in [3.05, 3.63) is 29.8 Å². The summed E-state index contributed by atoms with van der Waals surface area (Å²) in [7, 11) is -3.64. The van der Waals surface area contributed by atoms with Crippen molar-refractivity contribution in [1.29, 1.82) is 0 Å². The Bertz CT molecular complexity index is 489. The number of carbonyl (C=O) groups is 1. The van der Waals surface area contributed by atoms with Gasteiger partial charge < -0.3 is 10.2 Å². The van der Waals surface area contributed by atoms with E-state index in [0.29, 0.717) is 0 Å². The van der Waals surface area contributed by atoms with E-state index >= 15 is 0 Å². The number of hydrogen-bond acceptors (Lipinski definition) is 4. The molecule has 1 atom stereocenters. The van der Waals surface area contributed by atoms with Crippen molar-refractivity contribution >= 4 is 15.8 Å². The first-order valence-corrected chi connectivity index (χ1v) is 6.66. The third kappa shape index (κ3) is 4.16. The molecule has 17 heavy (non-hydrogen) atoms. The molecular weight excluding hydrogens is 244 g/mol. The van der Waals surface area contributed by atoms with Gasteiger partial charge in [-0.2, -0.15) is 0 Å². The lowest BCUT2D eigenvalue weighted by atomic mass is 10.2. The minimum atomic E-state index is -3.64. The quantitative estimate of drug-likeness (QED) is 0.807. The standard InChI is InChI=1S/C11H14O5S/c1-8-2-4-10(5-3-8)17(15,16)7-9(12)6-11(13)14/h2-5,9,12H,6-7H2,1H3,(H,13,14). The molecule has 5 nitrogen and oxygen atoms in total. The zero-order chi connectivity index (χ0) is 13.1. The number of sulfone groups is 1. The predicted octanol–water partition coefficient (Wildman–Crippen LogP) is 0.604. The largest absolute Gasteiger partial charge is 0.481 e. The summed E-state index contributed by atoms with van der Waals surface area (Å²) in [6.07, 6.45) is -1.97. The van der Waals surface area contributed by atoms with Crippen molar-refractivity contribution in [1.82, 2.24) is 0 Å². The molecule has 0 saturated heterocycles. The van der Waals surface area contributed by atoms with Crippen molar-refractivity contribution in [3.8, 4) is 0 Å². The van der Waals surface area contributed by atoms with E-state index in [-0.39, 0.29) is 4.90 Å². The first kappa shape index (κ1) is 13.7. The summed E-state index contributed by atoms with van der Waals surface area (Å²) in [5.41, 5.74) is 0.926. The average Bonchev–Trinajstić information content (AvgIpc) is 2.15. The molecule has 1 aromatic rings. The Kier molecular flexibility index (Phi) is 4.25. The summed E-state index contributed by atoms with van der Waals surface area (Å²) >= 11 is 0. The smallest absolute Gasteiger partial charge is 0.306 e. The maximum absolute atomic E-state index is 11.8. The molecule has 0 spiro atoms. The van der Waals surface area contributed by atoms with E-state index < -0.39 is 34.1 Å². The fourth-order valence-electron chi connectivity index (χ4n) is 1.36. The third-order valence-electron chi connectivity index (χ3n) is 2.20. The Morgan fingerprint density at radius 3 is 2.29 bits per heavy atom. The molecule has 94 valence electrons. The molecule has 0 saturated carbocycles. The SMILES string of the molecule is Cc1ccc(S(=O)(=O)CC(O)CC(=O)O)cc1. The van der Waals surface area contributed by atoms with Gasteiger partial charge in [-0.1, -0.05) is 17.7 Å². The van der Waals surface area contributed by atoms with Crippen molar-refractivity contribution in [2.45, 2.75) is 24.3 Å². The summed E-state index contributed by atoms with van der Waals surface area (Å²) < 4.78 is 23.6. The van der Waals surface area contributed by atoms with Gasteiger partial charge in [-0.25, -0.2) is 8.42 Å². The molecule has 1 aromatic carbocycles. The van der Waals surface area contributed by atoms with Gasteiger partial charge in [0.05, 0.1) is 23.2 Å². The third-order valence-corrected chi connectivity index (χ3v) is 4.02. The predicted molar refractivity (Wildman–Crippen MR) is 61.5 cm³/mol. The van der Waals surface area contributed by atoms with Crippen molar-refractivity contribution < 1.29 is 23.4 Å². The number of aliphatic hydroxyl groups excluding tert-OH is 1. The van der Waals surface area contributed by atoms with Crippen LogP contribution in [0.3, 0.4) is 0 Å². The van der Waals surface area contributed by atoms with Gasteiger partial charge >= 0.3 is 5.97 Å². The highest BCUT2D eigenvalue weighted by molar-refractivity contribution is 7.91. The maximum Gasteiger partial charge on any atom is 0.306 e. The lowest BCUT2D eigenvalue weighted by molar-refractivity contribution is -0.138. The van der Waals surface area contributed by atoms with Crippen LogP contribution in [-0.2, 0) is 14.6 Å². The molecular formula is C11H14O5S. The molecule has 0 radical (unpaired) electrons. The van der Waals surface area contributed by atoms with Crippen LogP contribution in [-0.4, -0.2) is 36.5 Å². The van der Waals surface area contributed by atoms with Crippen LogP contribution in [0.1, 0.15) is 12.0 Å². The number of carboxylic acid groups (broad SMARTS) is 1. The number of hydrogen-bond donors (Lipinski definition) is 2. The van der Waals surface area contributed by atoms with Crippen molar-refractivity contribution in [2.24, 2.45) is 0 Å². The van der Waals surface area contributed by atoms with Crippen LogP contribution >= 0.6 is 0 Å². The van der Waals surface area contributed by atoms with Crippen molar-refractivity contribution in [2.75, 3.05) is 5.75 Å². The molecule has 0 aromatic heterocycles. The van der Waals surface area contributed by atoms with Crippen LogP contribution in [0.25, 0.3) is 0 Å². The van der Waals surface area contributed by atoms with Crippen LogP contribution in [0.15, 0.2) is 29.2 Å². The first-order valence-electron chi connectivity index (χ1n) is 5.00. The second-order valence-electron chi connectivity index (χ2n) is 3.85. The summed E-state index contributed by atoms with van der Waals surface area (Å²) in [4.78, 5) is 10.4. The van der Waals surface area contributed by atoms with Crippen LogP contribution in [0, 0.1) is 6.92 Å². The van der Waals surface area contributed by atoms with E-state index in [1.807, 2.05) is 6.92 Å². The highest BCUT2D eigenvalue weighted by Gasteiger charge is 2.21. The zero-order valence-electron chi connectivity index (χ0n) is 9.33. The van der Waals surface area contributed by atoms with Gasteiger partial charge in [0, 0.05) is 0 Å². The molecule has 0 aliphatic heterocycles. The van der Waals surface area contributed by atoms with Gasteiger partial charge in [-0.15, -0.1) is 0 Å². The highest BCUT2D eigenvalue weighted by atomic mass is 32.2. The fourth-order valence-corrected chi connectivity index (χ4v) is 2.72. The lowest BCUT2D eigenvalue weighted by Crippen LogP contribution is -2.23. The fraction of sp³-hybridized carbons (Fsp3) is 0.364. The molecule has 0 amide bonds. The molecule has 0 aliphatic carbocycles. The molecule has 1 unspecified atom stereocenters. The van der Waals surface area contributed by atoms with E-state index in [9.17, 15) is 18.3 Å². The summed E-state index contributed by atoms with van der Waals surface area (Å²) in [5, 5.41) is 17.7. The van der Waals surface area contributed by atoms with Crippen LogP contribution in [0.5, 0.6) is 0 Å². The van der Waals surface area contributed by atoms with Crippen molar-refractivity contribution in [3.63, 3.8) is 0 Å². The van der Waals surface area contributed by atoms with Gasteiger partial charge in [-0.3, -0.25) is 4.79 Å². The van der Waals surface area contributed by atoms with E-state index in [1.54, 1.807) is 12.1 Å². The summed E-state index contributed by atoms with van der Waals surface area (Å²) in [6, 6.07) is 6.18. The van der Waals surface area contributed by atoms with Gasteiger partial charge in [0.15, 0.2) is 9.84 Å². The number of aryl methyl sites for hydroxylation is 1. The maximum atomic E-state index is 11.8. The number of carboxylic acids is 1. The molecule has 2 N–H and O–H groups in total. The normalized spacial score (nSPS) is 13.3.